The molecule has 0 saturated carbocycles. The number of rotatable bonds is 4. The van der Waals surface area contributed by atoms with Crippen LogP contribution in [0.3, 0.4) is 0 Å². The monoisotopic (exact) mass is 209 g/mol. The Morgan fingerprint density at radius 2 is 2.27 bits per heavy atom. The second kappa shape index (κ2) is 5.28. The Labute approximate surface area is 90.3 Å². The summed E-state index contributed by atoms with van der Waals surface area (Å²) in [5.41, 5.74) is 1.24. The smallest absolute Gasteiger partial charge is 0.0543 e. The highest BCUT2D eigenvalue weighted by atomic mass is 16.2. The zero-order valence-corrected chi connectivity index (χ0v) is 9.02. The molecule has 15 heavy (non-hydrogen) atoms. The van der Waals surface area contributed by atoms with E-state index in [-0.39, 0.29) is 6.61 Å². The van der Waals surface area contributed by atoms with Gasteiger partial charge < -0.3 is 10.4 Å². The molecule has 1 aliphatic heterocycles. The highest BCUT2D eigenvalue weighted by molar-refractivity contribution is 5.04. The highest BCUT2D eigenvalue weighted by Gasteiger charge is 2.15. The fraction of sp³-hybridized carbons (Fsp3) is 0.727. The van der Waals surface area contributed by atoms with E-state index in [4.69, 9.17) is 5.11 Å². The Morgan fingerprint density at radius 3 is 3.00 bits per heavy atom. The van der Waals surface area contributed by atoms with Crippen LogP contribution in [0.2, 0.25) is 0 Å². The summed E-state index contributed by atoms with van der Waals surface area (Å²) < 4.78 is 2.09. The predicted octanol–water partition coefficient (Wildman–Crippen LogP) is 0.732. The first-order valence-corrected chi connectivity index (χ1v) is 5.75. The molecule has 0 aromatic carbocycles. The lowest BCUT2D eigenvalue weighted by Crippen LogP contribution is -2.29. The van der Waals surface area contributed by atoms with Crippen LogP contribution in [-0.2, 0) is 6.42 Å². The molecule has 0 unspecified atom stereocenters. The second-order valence-corrected chi connectivity index (χ2v) is 4.14. The van der Waals surface area contributed by atoms with Crippen LogP contribution in [0.25, 0.3) is 0 Å². The molecule has 2 N–H and O–H groups in total. The highest BCUT2D eigenvalue weighted by Crippen LogP contribution is 2.18. The Hall–Kier alpha value is -0.870. The van der Waals surface area contributed by atoms with Gasteiger partial charge in [0, 0.05) is 12.8 Å². The van der Waals surface area contributed by atoms with Crippen molar-refractivity contribution in [2.24, 2.45) is 0 Å². The van der Waals surface area contributed by atoms with Gasteiger partial charge in [0.05, 0.1) is 12.2 Å². The Kier molecular flexibility index (Phi) is 3.75. The number of hydrogen-bond donors (Lipinski definition) is 2. The van der Waals surface area contributed by atoms with Crippen molar-refractivity contribution in [2.45, 2.75) is 31.7 Å². The molecule has 1 aliphatic rings. The molecule has 1 aromatic heterocycles. The number of hydrogen-bond acceptors (Lipinski definition) is 3. The normalized spacial score (nSPS) is 18.2. The molecule has 1 saturated heterocycles. The topological polar surface area (TPSA) is 50.1 Å². The summed E-state index contributed by atoms with van der Waals surface area (Å²) in [6, 6.07) is 0.564. The van der Waals surface area contributed by atoms with Crippen LogP contribution in [0.5, 0.6) is 0 Å². The SMILES string of the molecule is OCCCc1cnn(C2CCNCC2)c1. The van der Waals surface area contributed by atoms with Gasteiger partial charge in [0.15, 0.2) is 0 Å². The second-order valence-electron chi connectivity index (χ2n) is 4.14. The minimum atomic E-state index is 0.262. The molecular formula is C11H19N3O. The summed E-state index contributed by atoms with van der Waals surface area (Å²) >= 11 is 0. The van der Waals surface area contributed by atoms with Gasteiger partial charge in [-0.05, 0) is 44.3 Å². The largest absolute Gasteiger partial charge is 0.396 e. The first kappa shape index (κ1) is 10.6. The Bertz CT molecular complexity index is 292. The van der Waals surface area contributed by atoms with Gasteiger partial charge in [-0.25, -0.2) is 0 Å². The fourth-order valence-electron chi connectivity index (χ4n) is 2.06. The van der Waals surface area contributed by atoms with Crippen molar-refractivity contribution in [1.82, 2.24) is 15.1 Å². The molecular weight excluding hydrogens is 190 g/mol. The zero-order valence-electron chi connectivity index (χ0n) is 9.02. The number of aryl methyl sites for hydroxylation is 1. The van der Waals surface area contributed by atoms with Gasteiger partial charge >= 0.3 is 0 Å². The molecule has 0 radical (unpaired) electrons. The predicted molar refractivity (Wildman–Crippen MR) is 58.8 cm³/mol. The number of aliphatic hydroxyl groups excluding tert-OH is 1. The van der Waals surface area contributed by atoms with Crippen LogP contribution in [0, 0.1) is 0 Å². The van der Waals surface area contributed by atoms with Crippen molar-refractivity contribution in [2.75, 3.05) is 19.7 Å². The lowest BCUT2D eigenvalue weighted by Gasteiger charge is -2.22. The van der Waals surface area contributed by atoms with E-state index in [0.717, 1.165) is 25.9 Å². The fourth-order valence-corrected chi connectivity index (χ4v) is 2.06. The maximum absolute atomic E-state index is 8.75. The van der Waals surface area contributed by atoms with Crippen LogP contribution in [0.1, 0.15) is 30.9 Å². The van der Waals surface area contributed by atoms with Gasteiger partial charge in [-0.2, -0.15) is 5.10 Å². The number of nitrogens with zero attached hydrogens (tertiary/aromatic N) is 2. The summed E-state index contributed by atoms with van der Waals surface area (Å²) in [6.07, 6.45) is 8.16. The van der Waals surface area contributed by atoms with E-state index < -0.39 is 0 Å². The van der Waals surface area contributed by atoms with E-state index in [1.165, 1.54) is 18.4 Å². The van der Waals surface area contributed by atoms with Crippen LogP contribution < -0.4 is 5.32 Å². The van der Waals surface area contributed by atoms with Gasteiger partial charge in [0.2, 0.25) is 0 Å². The van der Waals surface area contributed by atoms with Crippen molar-refractivity contribution >= 4 is 0 Å². The standard InChI is InChI=1S/C11H19N3O/c15-7-1-2-10-8-13-14(9-10)11-3-5-12-6-4-11/h8-9,11-12,15H,1-7H2. The number of aliphatic hydroxyl groups is 1. The lowest BCUT2D eigenvalue weighted by molar-refractivity contribution is 0.288. The van der Waals surface area contributed by atoms with E-state index in [1.807, 2.05) is 6.20 Å². The minimum Gasteiger partial charge on any atom is -0.396 e. The van der Waals surface area contributed by atoms with Crippen molar-refractivity contribution < 1.29 is 5.11 Å². The molecule has 0 amide bonds. The first-order valence-electron chi connectivity index (χ1n) is 5.75. The quantitative estimate of drug-likeness (QED) is 0.768. The third-order valence-electron chi connectivity index (χ3n) is 2.96. The van der Waals surface area contributed by atoms with Gasteiger partial charge in [-0.15, -0.1) is 0 Å². The average molecular weight is 209 g/mol. The molecule has 0 spiro atoms. The zero-order chi connectivity index (χ0) is 10.5. The molecule has 4 heteroatoms. The maximum atomic E-state index is 8.75. The summed E-state index contributed by atoms with van der Waals surface area (Å²) in [5.74, 6) is 0. The van der Waals surface area contributed by atoms with Gasteiger partial charge in [-0.1, -0.05) is 0 Å². The van der Waals surface area contributed by atoms with Crippen molar-refractivity contribution in [3.8, 4) is 0 Å². The van der Waals surface area contributed by atoms with Crippen molar-refractivity contribution in [1.29, 1.82) is 0 Å². The maximum Gasteiger partial charge on any atom is 0.0543 e. The summed E-state index contributed by atoms with van der Waals surface area (Å²) in [4.78, 5) is 0. The Balaban J connectivity index is 1.93. The van der Waals surface area contributed by atoms with Crippen LogP contribution in [0.15, 0.2) is 12.4 Å². The van der Waals surface area contributed by atoms with E-state index in [1.54, 1.807) is 0 Å². The molecule has 0 bridgehead atoms. The van der Waals surface area contributed by atoms with E-state index in [2.05, 4.69) is 21.3 Å². The van der Waals surface area contributed by atoms with Gasteiger partial charge in [0.25, 0.3) is 0 Å². The van der Waals surface area contributed by atoms with Gasteiger partial charge in [0.1, 0.15) is 0 Å². The first-order chi connectivity index (χ1) is 7.40. The van der Waals surface area contributed by atoms with E-state index in [0.29, 0.717) is 6.04 Å². The van der Waals surface area contributed by atoms with Crippen LogP contribution >= 0.6 is 0 Å². The molecule has 1 fully saturated rings. The molecule has 4 nitrogen and oxygen atoms in total. The summed E-state index contributed by atoms with van der Waals surface area (Å²) in [5, 5.41) is 16.5. The van der Waals surface area contributed by atoms with Crippen LogP contribution in [-0.4, -0.2) is 34.6 Å². The molecule has 2 rings (SSSR count). The molecule has 1 aromatic rings. The Morgan fingerprint density at radius 1 is 1.47 bits per heavy atom. The average Bonchev–Trinajstić information content (AvgIpc) is 2.76. The van der Waals surface area contributed by atoms with Crippen molar-refractivity contribution in [3.63, 3.8) is 0 Å². The number of nitrogens with one attached hydrogen (secondary N) is 1. The minimum absolute atomic E-state index is 0.262. The number of aromatic nitrogens is 2. The van der Waals surface area contributed by atoms with E-state index in [9.17, 15) is 0 Å². The summed E-state index contributed by atoms with van der Waals surface area (Å²) in [7, 11) is 0. The third kappa shape index (κ3) is 2.79. The molecule has 2 heterocycles. The molecule has 0 atom stereocenters. The van der Waals surface area contributed by atoms with E-state index >= 15 is 0 Å². The third-order valence-corrected chi connectivity index (χ3v) is 2.96. The molecule has 0 aliphatic carbocycles. The van der Waals surface area contributed by atoms with Gasteiger partial charge in [-0.3, -0.25) is 4.68 Å². The van der Waals surface area contributed by atoms with Crippen molar-refractivity contribution in [3.05, 3.63) is 18.0 Å². The molecule has 84 valence electrons. The number of piperidine rings is 1. The summed E-state index contributed by atoms with van der Waals surface area (Å²) in [6.45, 7) is 2.45. The lowest BCUT2D eigenvalue weighted by atomic mass is 10.1. The van der Waals surface area contributed by atoms with Crippen LogP contribution in [0.4, 0.5) is 0 Å².